The van der Waals surface area contributed by atoms with Crippen LogP contribution in [0.4, 0.5) is 11.9 Å². The van der Waals surface area contributed by atoms with Gasteiger partial charge in [0.05, 0.1) is 6.04 Å². The van der Waals surface area contributed by atoms with Crippen molar-refractivity contribution in [1.29, 1.82) is 0 Å². The molecule has 1 aliphatic rings. The van der Waals surface area contributed by atoms with E-state index in [-0.39, 0.29) is 6.04 Å². The van der Waals surface area contributed by atoms with Gasteiger partial charge in [-0.3, -0.25) is 0 Å². The van der Waals surface area contributed by atoms with Gasteiger partial charge in [0.1, 0.15) is 0 Å². The van der Waals surface area contributed by atoms with E-state index in [9.17, 15) is 5.21 Å². The third-order valence-corrected chi connectivity index (χ3v) is 3.45. The molecule has 0 saturated heterocycles. The van der Waals surface area contributed by atoms with E-state index in [1.54, 1.807) is 7.05 Å². The maximum atomic E-state index is 9.90. The van der Waals surface area contributed by atoms with Crippen LogP contribution in [0.3, 0.4) is 0 Å². The highest BCUT2D eigenvalue weighted by Gasteiger charge is 2.37. The third-order valence-electron chi connectivity index (χ3n) is 3.45. The fourth-order valence-corrected chi connectivity index (χ4v) is 2.25. The van der Waals surface area contributed by atoms with Gasteiger partial charge in [0.25, 0.3) is 0 Å². The molecule has 3 N–H and O–H groups in total. The van der Waals surface area contributed by atoms with Gasteiger partial charge in [-0.25, -0.2) is 0 Å². The predicted molar refractivity (Wildman–Crippen MR) is 82.4 cm³/mol. The van der Waals surface area contributed by atoms with Crippen LogP contribution < -0.4 is 10.6 Å². The highest BCUT2D eigenvalue weighted by atomic mass is 16.5. The second kappa shape index (κ2) is 7.51. The average molecular weight is 294 g/mol. The number of rotatable bonds is 9. The average Bonchev–Trinajstić information content (AvgIpc) is 3.27. The highest BCUT2D eigenvalue weighted by molar-refractivity contribution is 5.35. The minimum atomic E-state index is -0.155. The van der Waals surface area contributed by atoms with Crippen molar-refractivity contribution in [2.45, 2.75) is 45.6 Å². The zero-order chi connectivity index (χ0) is 15.2. The molecular weight excluding hydrogens is 268 g/mol. The second-order valence-corrected chi connectivity index (χ2v) is 5.55. The molecule has 1 aromatic rings. The first-order valence-corrected chi connectivity index (χ1v) is 7.81. The molecule has 7 heteroatoms. The van der Waals surface area contributed by atoms with Crippen molar-refractivity contribution in [1.82, 2.24) is 20.0 Å². The minimum absolute atomic E-state index is 0.155. The van der Waals surface area contributed by atoms with Gasteiger partial charge in [-0.1, -0.05) is 13.8 Å². The molecule has 1 saturated carbocycles. The second-order valence-electron chi connectivity index (χ2n) is 5.55. The van der Waals surface area contributed by atoms with E-state index in [2.05, 4.69) is 39.4 Å². The van der Waals surface area contributed by atoms with Crippen molar-refractivity contribution < 1.29 is 5.21 Å². The van der Waals surface area contributed by atoms with Crippen molar-refractivity contribution in [3.8, 4) is 0 Å². The lowest BCUT2D eigenvalue weighted by molar-refractivity contribution is -0.113. The highest BCUT2D eigenvalue weighted by Crippen LogP contribution is 2.42. The summed E-state index contributed by atoms with van der Waals surface area (Å²) in [4.78, 5) is 13.4. The summed E-state index contributed by atoms with van der Waals surface area (Å²) in [5.74, 6) is 2.22. The first-order valence-electron chi connectivity index (χ1n) is 7.81. The number of anilines is 2. The normalized spacial score (nSPS) is 16.0. The number of nitrogens with one attached hydrogen (secondary N) is 2. The lowest BCUT2D eigenvalue weighted by Crippen LogP contribution is -2.26. The number of aromatic nitrogens is 3. The van der Waals surface area contributed by atoms with E-state index < -0.39 is 0 Å². The van der Waals surface area contributed by atoms with E-state index in [4.69, 9.17) is 0 Å². The summed E-state index contributed by atoms with van der Waals surface area (Å²) in [5.41, 5.74) is 0. The molecule has 1 heterocycles. The Labute approximate surface area is 126 Å². The topological polar surface area (TPSA) is 86.2 Å². The number of hydroxylamine groups is 2. The predicted octanol–water partition coefficient (Wildman–Crippen LogP) is 2.29. The SMILES string of the molecule is CCCNc1nc(NCCC)nc(C(C2CC2)N(C)O)n1. The Kier molecular flexibility index (Phi) is 5.69. The molecule has 118 valence electrons. The molecule has 1 aliphatic carbocycles. The first kappa shape index (κ1) is 15.9. The molecule has 0 bridgehead atoms. The van der Waals surface area contributed by atoms with Gasteiger partial charge in [0, 0.05) is 20.1 Å². The van der Waals surface area contributed by atoms with Crippen LogP contribution in [0.2, 0.25) is 0 Å². The Bertz CT molecular complexity index is 421. The molecule has 2 rings (SSSR count). The van der Waals surface area contributed by atoms with Crippen LogP contribution in [-0.2, 0) is 0 Å². The van der Waals surface area contributed by atoms with E-state index in [1.165, 1.54) is 5.06 Å². The van der Waals surface area contributed by atoms with Crippen LogP contribution in [0.15, 0.2) is 0 Å². The lowest BCUT2D eigenvalue weighted by atomic mass is 10.1. The Balaban J connectivity index is 2.24. The summed E-state index contributed by atoms with van der Waals surface area (Å²) in [6.07, 6.45) is 4.22. The van der Waals surface area contributed by atoms with Crippen molar-refractivity contribution in [2.75, 3.05) is 30.8 Å². The lowest BCUT2D eigenvalue weighted by Gasteiger charge is -2.21. The van der Waals surface area contributed by atoms with Gasteiger partial charge >= 0.3 is 0 Å². The molecule has 0 radical (unpaired) electrons. The summed E-state index contributed by atoms with van der Waals surface area (Å²) >= 11 is 0. The molecule has 0 spiro atoms. The van der Waals surface area contributed by atoms with Crippen molar-refractivity contribution in [2.24, 2.45) is 5.92 Å². The maximum absolute atomic E-state index is 9.90. The zero-order valence-corrected chi connectivity index (χ0v) is 13.1. The summed E-state index contributed by atoms with van der Waals surface area (Å²) in [6.45, 7) is 5.83. The van der Waals surface area contributed by atoms with Crippen LogP contribution in [0.1, 0.15) is 51.4 Å². The first-order chi connectivity index (χ1) is 10.2. The molecule has 1 atom stereocenters. The summed E-state index contributed by atoms with van der Waals surface area (Å²) in [7, 11) is 1.66. The van der Waals surface area contributed by atoms with Gasteiger partial charge in [0.15, 0.2) is 5.82 Å². The molecule has 0 amide bonds. The van der Waals surface area contributed by atoms with E-state index in [1.807, 2.05) is 0 Å². The summed E-state index contributed by atoms with van der Waals surface area (Å²) < 4.78 is 0. The maximum Gasteiger partial charge on any atom is 0.227 e. The molecule has 1 fully saturated rings. The van der Waals surface area contributed by atoms with Crippen molar-refractivity contribution >= 4 is 11.9 Å². The summed E-state index contributed by atoms with van der Waals surface area (Å²) in [5, 5.41) is 17.5. The zero-order valence-electron chi connectivity index (χ0n) is 13.1. The Morgan fingerprint density at radius 2 is 1.62 bits per heavy atom. The molecule has 0 aliphatic heterocycles. The molecular formula is C14H26N6O. The Hall–Kier alpha value is -1.47. The fourth-order valence-electron chi connectivity index (χ4n) is 2.25. The largest absolute Gasteiger partial charge is 0.354 e. The Morgan fingerprint density at radius 3 is 2.00 bits per heavy atom. The quantitative estimate of drug-likeness (QED) is 0.602. The van der Waals surface area contributed by atoms with Gasteiger partial charge < -0.3 is 15.8 Å². The Morgan fingerprint density at radius 1 is 1.10 bits per heavy atom. The van der Waals surface area contributed by atoms with Crippen LogP contribution >= 0.6 is 0 Å². The minimum Gasteiger partial charge on any atom is -0.354 e. The van der Waals surface area contributed by atoms with E-state index in [0.717, 1.165) is 38.8 Å². The smallest absolute Gasteiger partial charge is 0.227 e. The standard InChI is InChI=1S/C14H26N6O/c1-4-8-15-13-17-12(11(20(3)21)10-6-7-10)18-14(19-13)16-9-5-2/h10-11,21H,4-9H2,1-3H3,(H2,15,16,17,18,19). The number of hydrogen-bond donors (Lipinski definition) is 3. The van der Waals surface area contributed by atoms with Crippen LogP contribution in [0, 0.1) is 5.92 Å². The monoisotopic (exact) mass is 294 g/mol. The van der Waals surface area contributed by atoms with Crippen molar-refractivity contribution in [3.05, 3.63) is 5.82 Å². The molecule has 21 heavy (non-hydrogen) atoms. The van der Waals surface area contributed by atoms with Crippen LogP contribution in [0.25, 0.3) is 0 Å². The number of hydrogen-bond acceptors (Lipinski definition) is 7. The molecule has 1 unspecified atom stereocenters. The fraction of sp³-hybridized carbons (Fsp3) is 0.786. The van der Waals surface area contributed by atoms with E-state index in [0.29, 0.717) is 23.6 Å². The van der Waals surface area contributed by atoms with Gasteiger partial charge in [-0.2, -0.15) is 20.0 Å². The van der Waals surface area contributed by atoms with Crippen molar-refractivity contribution in [3.63, 3.8) is 0 Å². The van der Waals surface area contributed by atoms with Gasteiger partial charge in [-0.15, -0.1) is 0 Å². The number of nitrogens with zero attached hydrogens (tertiary/aromatic N) is 4. The van der Waals surface area contributed by atoms with Gasteiger partial charge in [0.2, 0.25) is 11.9 Å². The van der Waals surface area contributed by atoms with Crippen LogP contribution in [0.5, 0.6) is 0 Å². The molecule has 7 nitrogen and oxygen atoms in total. The van der Waals surface area contributed by atoms with E-state index >= 15 is 0 Å². The molecule has 0 aromatic carbocycles. The third kappa shape index (κ3) is 4.50. The molecule has 1 aromatic heterocycles. The van der Waals surface area contributed by atoms with Crippen LogP contribution in [-0.4, -0.2) is 45.4 Å². The van der Waals surface area contributed by atoms with Gasteiger partial charge in [-0.05, 0) is 31.6 Å². The summed E-state index contributed by atoms with van der Waals surface area (Å²) in [6, 6.07) is -0.155.